The SMILES string of the molecule is C1CC(OC2CCC3(CC2)CNC3)CCN1. The van der Waals surface area contributed by atoms with Crippen molar-refractivity contribution in [2.45, 2.75) is 50.7 Å². The van der Waals surface area contributed by atoms with Crippen LogP contribution in [-0.2, 0) is 4.74 Å². The lowest BCUT2D eigenvalue weighted by Crippen LogP contribution is -2.55. The van der Waals surface area contributed by atoms with E-state index in [1.54, 1.807) is 0 Å². The normalized spacial score (nSPS) is 31.5. The molecule has 0 radical (unpaired) electrons. The molecule has 3 nitrogen and oxygen atoms in total. The Kier molecular flexibility index (Phi) is 3.18. The Hall–Kier alpha value is -0.120. The van der Waals surface area contributed by atoms with Crippen molar-refractivity contribution >= 4 is 0 Å². The average molecular weight is 224 g/mol. The molecule has 3 aliphatic rings. The Morgan fingerprint density at radius 3 is 2.00 bits per heavy atom. The third-order valence-corrected chi connectivity index (χ3v) is 4.66. The predicted molar refractivity (Wildman–Crippen MR) is 64.5 cm³/mol. The highest BCUT2D eigenvalue weighted by atomic mass is 16.5. The van der Waals surface area contributed by atoms with Crippen LogP contribution in [0.25, 0.3) is 0 Å². The Labute approximate surface area is 98.3 Å². The molecule has 16 heavy (non-hydrogen) atoms. The van der Waals surface area contributed by atoms with Crippen molar-refractivity contribution in [1.82, 2.24) is 10.6 Å². The van der Waals surface area contributed by atoms with E-state index < -0.39 is 0 Å². The van der Waals surface area contributed by atoms with Gasteiger partial charge in [0.2, 0.25) is 0 Å². The second kappa shape index (κ2) is 4.63. The summed E-state index contributed by atoms with van der Waals surface area (Å²) in [6, 6.07) is 0. The van der Waals surface area contributed by atoms with Gasteiger partial charge in [0.25, 0.3) is 0 Å². The highest BCUT2D eigenvalue weighted by Gasteiger charge is 2.40. The second-order valence-electron chi connectivity index (χ2n) is 5.89. The van der Waals surface area contributed by atoms with Gasteiger partial charge in [-0.15, -0.1) is 0 Å². The quantitative estimate of drug-likeness (QED) is 0.741. The lowest BCUT2D eigenvalue weighted by Gasteiger charge is -2.47. The first-order valence-electron chi connectivity index (χ1n) is 6.93. The molecule has 1 aliphatic carbocycles. The van der Waals surface area contributed by atoms with Crippen molar-refractivity contribution in [2.24, 2.45) is 5.41 Å². The van der Waals surface area contributed by atoms with Crippen molar-refractivity contribution in [3.8, 4) is 0 Å². The van der Waals surface area contributed by atoms with Crippen LogP contribution in [0.15, 0.2) is 0 Å². The molecule has 0 bridgehead atoms. The van der Waals surface area contributed by atoms with Gasteiger partial charge < -0.3 is 15.4 Å². The summed E-state index contributed by atoms with van der Waals surface area (Å²) in [5.74, 6) is 0. The zero-order valence-electron chi connectivity index (χ0n) is 10.1. The summed E-state index contributed by atoms with van der Waals surface area (Å²) in [4.78, 5) is 0. The molecule has 3 rings (SSSR count). The molecule has 1 spiro atoms. The molecule has 2 saturated heterocycles. The number of ether oxygens (including phenoxy) is 1. The number of hydrogen-bond acceptors (Lipinski definition) is 3. The summed E-state index contributed by atoms with van der Waals surface area (Å²) in [7, 11) is 0. The van der Waals surface area contributed by atoms with Crippen LogP contribution in [0.4, 0.5) is 0 Å². The Bertz CT molecular complexity index is 224. The molecular formula is C13H24N2O. The topological polar surface area (TPSA) is 33.3 Å². The van der Waals surface area contributed by atoms with Crippen molar-refractivity contribution in [3.63, 3.8) is 0 Å². The molecule has 0 amide bonds. The maximum Gasteiger partial charge on any atom is 0.0603 e. The Morgan fingerprint density at radius 2 is 1.44 bits per heavy atom. The first kappa shape index (κ1) is 11.0. The van der Waals surface area contributed by atoms with Gasteiger partial charge in [-0.2, -0.15) is 0 Å². The van der Waals surface area contributed by atoms with E-state index in [1.807, 2.05) is 0 Å². The van der Waals surface area contributed by atoms with Crippen molar-refractivity contribution in [2.75, 3.05) is 26.2 Å². The van der Waals surface area contributed by atoms with Crippen LogP contribution in [0.1, 0.15) is 38.5 Å². The van der Waals surface area contributed by atoms with Crippen molar-refractivity contribution in [3.05, 3.63) is 0 Å². The van der Waals surface area contributed by atoms with Gasteiger partial charge in [0.1, 0.15) is 0 Å². The third-order valence-electron chi connectivity index (χ3n) is 4.66. The van der Waals surface area contributed by atoms with E-state index in [1.165, 1.54) is 51.6 Å². The van der Waals surface area contributed by atoms with Crippen LogP contribution < -0.4 is 10.6 Å². The minimum absolute atomic E-state index is 0.541. The summed E-state index contributed by atoms with van der Waals surface area (Å²) < 4.78 is 6.23. The molecule has 92 valence electrons. The molecule has 1 saturated carbocycles. The number of hydrogen-bond donors (Lipinski definition) is 2. The van der Waals surface area contributed by atoms with Gasteiger partial charge in [-0.1, -0.05) is 0 Å². The fourth-order valence-electron chi connectivity index (χ4n) is 3.38. The van der Waals surface area contributed by atoms with Gasteiger partial charge in [0.05, 0.1) is 12.2 Å². The summed E-state index contributed by atoms with van der Waals surface area (Å²) in [6.45, 7) is 4.80. The van der Waals surface area contributed by atoms with Crippen LogP contribution in [0.3, 0.4) is 0 Å². The first-order valence-corrected chi connectivity index (χ1v) is 6.93. The van der Waals surface area contributed by atoms with Crippen LogP contribution in [0, 0.1) is 5.41 Å². The smallest absolute Gasteiger partial charge is 0.0603 e. The molecular weight excluding hydrogens is 200 g/mol. The molecule has 3 heteroatoms. The Morgan fingerprint density at radius 1 is 0.812 bits per heavy atom. The molecule has 2 heterocycles. The van der Waals surface area contributed by atoms with Gasteiger partial charge in [-0.05, 0) is 57.0 Å². The largest absolute Gasteiger partial charge is 0.375 e. The minimum atomic E-state index is 0.541. The van der Waals surface area contributed by atoms with Gasteiger partial charge in [0, 0.05) is 13.1 Å². The second-order valence-corrected chi connectivity index (χ2v) is 5.89. The number of piperidine rings is 1. The standard InChI is InChI=1S/C13H24N2O/c1-5-13(9-15-10-13)6-2-11(1)16-12-3-7-14-8-4-12/h11-12,14-15H,1-10H2. The van der Waals surface area contributed by atoms with Crippen molar-refractivity contribution in [1.29, 1.82) is 0 Å². The van der Waals surface area contributed by atoms with Crippen LogP contribution in [0.5, 0.6) is 0 Å². The molecule has 0 atom stereocenters. The maximum atomic E-state index is 6.23. The maximum absolute atomic E-state index is 6.23. The summed E-state index contributed by atoms with van der Waals surface area (Å²) in [6.07, 6.45) is 8.89. The number of nitrogens with one attached hydrogen (secondary N) is 2. The zero-order valence-corrected chi connectivity index (χ0v) is 10.1. The number of rotatable bonds is 2. The summed E-state index contributed by atoms with van der Waals surface area (Å²) in [5.41, 5.74) is 0.675. The van der Waals surface area contributed by atoms with E-state index in [4.69, 9.17) is 4.74 Å². The average Bonchev–Trinajstić information content (AvgIpc) is 2.29. The van der Waals surface area contributed by atoms with E-state index in [9.17, 15) is 0 Å². The molecule has 0 aromatic carbocycles. The van der Waals surface area contributed by atoms with E-state index in [2.05, 4.69) is 10.6 Å². The molecule has 3 fully saturated rings. The van der Waals surface area contributed by atoms with Crippen LogP contribution in [-0.4, -0.2) is 38.4 Å². The summed E-state index contributed by atoms with van der Waals surface area (Å²) >= 11 is 0. The first-order chi connectivity index (χ1) is 7.86. The third kappa shape index (κ3) is 2.27. The highest BCUT2D eigenvalue weighted by Crippen LogP contribution is 2.40. The lowest BCUT2D eigenvalue weighted by atomic mass is 9.69. The van der Waals surface area contributed by atoms with Crippen LogP contribution in [0.2, 0.25) is 0 Å². The molecule has 0 aromatic heterocycles. The molecule has 2 aliphatic heterocycles. The molecule has 0 aromatic rings. The highest BCUT2D eigenvalue weighted by molar-refractivity contribution is 4.96. The fraction of sp³-hybridized carbons (Fsp3) is 1.00. The van der Waals surface area contributed by atoms with Gasteiger partial charge in [0.15, 0.2) is 0 Å². The van der Waals surface area contributed by atoms with Gasteiger partial charge in [-0.25, -0.2) is 0 Å². The van der Waals surface area contributed by atoms with Gasteiger partial charge in [-0.3, -0.25) is 0 Å². The summed E-state index contributed by atoms with van der Waals surface area (Å²) in [5, 5.41) is 6.81. The monoisotopic (exact) mass is 224 g/mol. The van der Waals surface area contributed by atoms with E-state index in [0.29, 0.717) is 17.6 Å². The Balaban J connectivity index is 1.43. The molecule has 0 unspecified atom stereocenters. The lowest BCUT2D eigenvalue weighted by molar-refractivity contribution is -0.0672. The fourth-order valence-corrected chi connectivity index (χ4v) is 3.38. The minimum Gasteiger partial charge on any atom is -0.375 e. The molecule has 2 N–H and O–H groups in total. The van der Waals surface area contributed by atoms with E-state index >= 15 is 0 Å². The predicted octanol–water partition coefficient (Wildman–Crippen LogP) is 1.29. The van der Waals surface area contributed by atoms with Gasteiger partial charge >= 0.3 is 0 Å². The van der Waals surface area contributed by atoms with E-state index in [0.717, 1.165) is 13.1 Å². The van der Waals surface area contributed by atoms with Crippen molar-refractivity contribution < 1.29 is 4.74 Å². The van der Waals surface area contributed by atoms with Crippen LogP contribution >= 0.6 is 0 Å². The zero-order chi connectivity index (χ0) is 10.8. The van der Waals surface area contributed by atoms with E-state index in [-0.39, 0.29) is 0 Å².